The molecule has 1 aliphatic rings. The van der Waals surface area contributed by atoms with Crippen LogP contribution in [0, 0.1) is 0 Å². The second-order valence-electron chi connectivity index (χ2n) is 4.16. The molecule has 88 valence electrons. The van der Waals surface area contributed by atoms with Crippen molar-refractivity contribution in [2.24, 2.45) is 0 Å². The molecule has 0 bridgehead atoms. The van der Waals surface area contributed by atoms with Crippen molar-refractivity contribution in [3.05, 3.63) is 24.3 Å². The average molecular weight is 236 g/mol. The van der Waals surface area contributed by atoms with E-state index in [1.807, 2.05) is 11.8 Å². The highest BCUT2D eigenvalue weighted by Gasteiger charge is 2.11. The predicted octanol–water partition coefficient (Wildman–Crippen LogP) is 3.06. The number of hydrogen-bond donors (Lipinski definition) is 1. The lowest BCUT2D eigenvalue weighted by molar-refractivity contribution is 0.949. The summed E-state index contributed by atoms with van der Waals surface area (Å²) < 4.78 is 0. The number of nitrogens with zero attached hydrogens (tertiary/aromatic N) is 1. The Hall–Kier alpha value is -0.830. The summed E-state index contributed by atoms with van der Waals surface area (Å²) in [6.45, 7) is 3.49. The molecule has 3 heteroatoms. The summed E-state index contributed by atoms with van der Waals surface area (Å²) in [5.41, 5.74) is 2.60. The van der Waals surface area contributed by atoms with Crippen molar-refractivity contribution in [2.45, 2.75) is 12.8 Å². The Morgan fingerprint density at radius 3 is 2.50 bits per heavy atom. The van der Waals surface area contributed by atoms with E-state index in [2.05, 4.69) is 40.7 Å². The third-order valence-electron chi connectivity index (χ3n) is 2.97. The van der Waals surface area contributed by atoms with Crippen LogP contribution in [0.15, 0.2) is 24.3 Å². The molecule has 1 aromatic carbocycles. The average Bonchev–Trinajstić information content (AvgIpc) is 2.84. The normalized spacial score (nSPS) is 15.4. The molecule has 0 atom stereocenters. The molecule has 0 radical (unpaired) electrons. The van der Waals surface area contributed by atoms with Gasteiger partial charge in [0.15, 0.2) is 0 Å². The zero-order valence-corrected chi connectivity index (χ0v) is 10.7. The number of hydrogen-bond acceptors (Lipinski definition) is 3. The van der Waals surface area contributed by atoms with E-state index in [1.165, 1.54) is 37.3 Å². The van der Waals surface area contributed by atoms with Crippen LogP contribution in [0.4, 0.5) is 11.4 Å². The van der Waals surface area contributed by atoms with Crippen LogP contribution in [-0.4, -0.2) is 31.6 Å². The van der Waals surface area contributed by atoms with Crippen LogP contribution in [0.2, 0.25) is 0 Å². The molecule has 0 amide bonds. The summed E-state index contributed by atoms with van der Waals surface area (Å²) >= 11 is 1.87. The molecular formula is C13H20N2S. The molecule has 1 saturated heterocycles. The van der Waals surface area contributed by atoms with Crippen molar-refractivity contribution in [1.82, 2.24) is 0 Å². The monoisotopic (exact) mass is 236 g/mol. The molecule has 2 nitrogen and oxygen atoms in total. The molecule has 0 saturated carbocycles. The van der Waals surface area contributed by atoms with E-state index < -0.39 is 0 Å². The van der Waals surface area contributed by atoms with Crippen LogP contribution >= 0.6 is 11.8 Å². The van der Waals surface area contributed by atoms with E-state index >= 15 is 0 Å². The lowest BCUT2D eigenvalue weighted by atomic mass is 10.2. The van der Waals surface area contributed by atoms with E-state index in [0.717, 1.165) is 12.3 Å². The number of thioether (sulfide) groups is 1. The molecule has 0 unspecified atom stereocenters. The van der Waals surface area contributed by atoms with Gasteiger partial charge in [-0.2, -0.15) is 11.8 Å². The highest BCUT2D eigenvalue weighted by molar-refractivity contribution is 7.98. The summed E-state index contributed by atoms with van der Waals surface area (Å²) in [6, 6.07) is 8.83. The molecule has 1 aliphatic heterocycles. The number of anilines is 2. The highest BCUT2D eigenvalue weighted by atomic mass is 32.2. The molecule has 1 aromatic rings. The maximum atomic E-state index is 3.42. The molecule has 1 N–H and O–H groups in total. The van der Waals surface area contributed by atoms with E-state index in [-0.39, 0.29) is 0 Å². The van der Waals surface area contributed by atoms with Crippen molar-refractivity contribution in [3.63, 3.8) is 0 Å². The quantitative estimate of drug-likeness (QED) is 0.791. The van der Waals surface area contributed by atoms with E-state index in [0.29, 0.717) is 0 Å². The Kier molecular flexibility index (Phi) is 4.40. The minimum Gasteiger partial charge on any atom is -0.384 e. The zero-order chi connectivity index (χ0) is 11.2. The zero-order valence-electron chi connectivity index (χ0n) is 9.91. The summed E-state index contributed by atoms with van der Waals surface area (Å²) in [5.74, 6) is 1.16. The first-order valence-corrected chi connectivity index (χ1v) is 7.37. The Labute approximate surface area is 102 Å². The minimum absolute atomic E-state index is 1.05. The summed E-state index contributed by atoms with van der Waals surface area (Å²) in [4.78, 5) is 2.46. The van der Waals surface area contributed by atoms with Crippen LogP contribution in [-0.2, 0) is 0 Å². The molecule has 0 aliphatic carbocycles. The van der Waals surface area contributed by atoms with Crippen LogP contribution < -0.4 is 10.2 Å². The summed E-state index contributed by atoms with van der Waals surface area (Å²) in [7, 11) is 0. The molecule has 1 fully saturated rings. The van der Waals surface area contributed by atoms with Crippen molar-refractivity contribution in [1.29, 1.82) is 0 Å². The van der Waals surface area contributed by atoms with Gasteiger partial charge in [0.2, 0.25) is 0 Å². The lowest BCUT2D eigenvalue weighted by Crippen LogP contribution is -2.17. The third kappa shape index (κ3) is 3.08. The van der Waals surface area contributed by atoms with E-state index in [9.17, 15) is 0 Å². The molecular weight excluding hydrogens is 216 g/mol. The fraction of sp³-hybridized carbons (Fsp3) is 0.538. The minimum atomic E-state index is 1.05. The molecule has 0 spiro atoms. The SMILES string of the molecule is CSCCNc1ccc(N2CCCC2)cc1. The Morgan fingerprint density at radius 2 is 1.88 bits per heavy atom. The fourth-order valence-corrected chi connectivity index (χ4v) is 2.37. The second-order valence-corrected chi connectivity index (χ2v) is 5.15. The number of rotatable bonds is 5. The van der Waals surface area contributed by atoms with Crippen LogP contribution in [0.3, 0.4) is 0 Å². The van der Waals surface area contributed by atoms with Crippen LogP contribution in [0.25, 0.3) is 0 Å². The van der Waals surface area contributed by atoms with Gasteiger partial charge in [-0.1, -0.05) is 0 Å². The van der Waals surface area contributed by atoms with Gasteiger partial charge in [-0.05, 0) is 43.4 Å². The van der Waals surface area contributed by atoms with Crippen molar-refractivity contribution >= 4 is 23.1 Å². The fourth-order valence-electron chi connectivity index (χ4n) is 2.06. The first-order valence-electron chi connectivity index (χ1n) is 5.98. The van der Waals surface area contributed by atoms with Gasteiger partial charge >= 0.3 is 0 Å². The largest absolute Gasteiger partial charge is 0.384 e. The van der Waals surface area contributed by atoms with Gasteiger partial charge in [-0.15, -0.1) is 0 Å². The molecule has 1 heterocycles. The van der Waals surface area contributed by atoms with Gasteiger partial charge in [-0.25, -0.2) is 0 Å². The van der Waals surface area contributed by atoms with Gasteiger partial charge in [0.25, 0.3) is 0 Å². The molecule has 0 aromatic heterocycles. The van der Waals surface area contributed by atoms with Crippen LogP contribution in [0.1, 0.15) is 12.8 Å². The maximum Gasteiger partial charge on any atom is 0.0367 e. The van der Waals surface area contributed by atoms with E-state index in [1.54, 1.807) is 0 Å². The van der Waals surface area contributed by atoms with Crippen molar-refractivity contribution < 1.29 is 0 Å². The van der Waals surface area contributed by atoms with Gasteiger partial charge in [0.1, 0.15) is 0 Å². The van der Waals surface area contributed by atoms with Crippen molar-refractivity contribution in [2.75, 3.05) is 41.9 Å². The number of benzene rings is 1. The van der Waals surface area contributed by atoms with Gasteiger partial charge < -0.3 is 10.2 Å². The summed E-state index contributed by atoms with van der Waals surface area (Å²) in [5, 5.41) is 3.42. The van der Waals surface area contributed by atoms with Crippen LogP contribution in [0.5, 0.6) is 0 Å². The van der Waals surface area contributed by atoms with Gasteiger partial charge in [0.05, 0.1) is 0 Å². The smallest absolute Gasteiger partial charge is 0.0367 e. The first-order chi connectivity index (χ1) is 7.90. The molecule has 2 rings (SSSR count). The first kappa shape index (κ1) is 11.6. The number of nitrogens with one attached hydrogen (secondary N) is 1. The van der Waals surface area contributed by atoms with Crippen molar-refractivity contribution in [3.8, 4) is 0 Å². The second kappa shape index (κ2) is 6.04. The Bertz CT molecular complexity index is 304. The maximum absolute atomic E-state index is 3.42. The third-order valence-corrected chi connectivity index (χ3v) is 3.59. The van der Waals surface area contributed by atoms with Gasteiger partial charge in [-0.3, -0.25) is 0 Å². The topological polar surface area (TPSA) is 15.3 Å². The standard InChI is InChI=1S/C13H20N2S/c1-16-11-8-14-12-4-6-13(7-5-12)15-9-2-3-10-15/h4-7,14H,2-3,8-11H2,1H3. The van der Waals surface area contributed by atoms with E-state index in [4.69, 9.17) is 0 Å². The Morgan fingerprint density at radius 1 is 1.19 bits per heavy atom. The predicted molar refractivity (Wildman–Crippen MR) is 74.8 cm³/mol. The highest BCUT2D eigenvalue weighted by Crippen LogP contribution is 2.21. The molecule has 16 heavy (non-hydrogen) atoms. The summed E-state index contributed by atoms with van der Waals surface area (Å²) in [6.07, 6.45) is 4.82. The van der Waals surface area contributed by atoms with Gasteiger partial charge in [0, 0.05) is 36.8 Å². The lowest BCUT2D eigenvalue weighted by Gasteiger charge is -2.17. The Balaban J connectivity index is 1.88.